The quantitative estimate of drug-likeness (QED) is 0.161. The van der Waals surface area contributed by atoms with Gasteiger partial charge in [0.1, 0.15) is 22.1 Å². The number of alkyl halides is 3. The standard InChI is InChI=1S/C38H35F3N6O5S/c1-25-18-28-4-3-5-34(36(28)43-21-25)53(49,50)44-29-9-13-35(42-22-29)52-31-12-8-27-19-33(45(2)32(27)20-31)37(48)47-16-14-46(15-17-47)23-26-6-10-30(11-7-26)51-24-38(39,40)41/h3-13,18-22,44H,14-17,23-24H2,1-2H3. The SMILES string of the molecule is Cc1cnc2c(S(=O)(=O)Nc3ccc(Oc4ccc5cc(C(=O)N6CCN(Cc7ccc(OCC(F)(F)F)cc7)CC6)n(C)c5c4)nc3)cccc2c1. The summed E-state index contributed by atoms with van der Waals surface area (Å²) in [6.07, 6.45) is -1.39. The molecule has 4 heterocycles. The van der Waals surface area contributed by atoms with E-state index in [1.807, 2.05) is 53.8 Å². The van der Waals surface area contributed by atoms with E-state index in [1.54, 1.807) is 42.6 Å². The number of benzene rings is 3. The molecule has 1 N–H and O–H groups in total. The number of ether oxygens (including phenoxy) is 2. The van der Waals surface area contributed by atoms with Crippen LogP contribution in [-0.2, 0) is 23.6 Å². The fourth-order valence-electron chi connectivity index (χ4n) is 6.26. The monoisotopic (exact) mass is 744 g/mol. The lowest BCUT2D eigenvalue weighted by Crippen LogP contribution is -2.48. The average molecular weight is 745 g/mol. The lowest BCUT2D eigenvalue weighted by atomic mass is 10.2. The number of carbonyl (C=O) groups excluding carboxylic acids is 1. The van der Waals surface area contributed by atoms with Gasteiger partial charge in [-0.25, -0.2) is 13.4 Å². The molecular weight excluding hydrogens is 710 g/mol. The van der Waals surface area contributed by atoms with Crippen molar-refractivity contribution in [1.82, 2.24) is 24.3 Å². The number of aromatic nitrogens is 3. The van der Waals surface area contributed by atoms with Crippen LogP contribution in [0.4, 0.5) is 18.9 Å². The normalized spacial score (nSPS) is 14.1. The zero-order valence-electron chi connectivity index (χ0n) is 28.8. The Bertz CT molecular complexity index is 2390. The van der Waals surface area contributed by atoms with E-state index in [4.69, 9.17) is 9.47 Å². The van der Waals surface area contributed by atoms with Crippen molar-refractivity contribution in [3.05, 3.63) is 114 Å². The molecule has 0 bridgehead atoms. The molecule has 0 radical (unpaired) electrons. The molecule has 1 saturated heterocycles. The zero-order valence-corrected chi connectivity index (χ0v) is 29.6. The highest BCUT2D eigenvalue weighted by Crippen LogP contribution is 2.29. The summed E-state index contributed by atoms with van der Waals surface area (Å²) in [4.78, 5) is 26.3. The number of rotatable bonds is 10. The van der Waals surface area contributed by atoms with E-state index in [0.717, 1.165) is 27.4 Å². The Kier molecular flexibility index (Phi) is 9.70. The number of fused-ring (bicyclic) bond motifs is 2. The third kappa shape index (κ3) is 8.21. The van der Waals surface area contributed by atoms with Crippen LogP contribution >= 0.6 is 0 Å². The molecule has 1 amide bonds. The van der Waals surface area contributed by atoms with Gasteiger partial charge in [-0.2, -0.15) is 13.2 Å². The van der Waals surface area contributed by atoms with Gasteiger partial charge in [-0.3, -0.25) is 19.4 Å². The minimum atomic E-state index is -4.39. The van der Waals surface area contributed by atoms with Crippen molar-refractivity contribution in [2.45, 2.75) is 24.5 Å². The first-order chi connectivity index (χ1) is 25.3. The number of amides is 1. The van der Waals surface area contributed by atoms with Gasteiger partial charge in [-0.1, -0.05) is 24.3 Å². The molecule has 15 heteroatoms. The number of aryl methyl sites for hydroxylation is 2. The molecule has 0 unspecified atom stereocenters. The number of pyridine rings is 2. The van der Waals surface area contributed by atoms with E-state index in [-0.39, 0.29) is 28.1 Å². The van der Waals surface area contributed by atoms with Crippen molar-refractivity contribution >= 4 is 43.4 Å². The Hall–Kier alpha value is -5.67. The predicted molar refractivity (Wildman–Crippen MR) is 194 cm³/mol. The van der Waals surface area contributed by atoms with E-state index in [1.165, 1.54) is 24.4 Å². The fraction of sp³-hybridized carbons (Fsp3) is 0.237. The second-order valence-electron chi connectivity index (χ2n) is 12.9. The Morgan fingerprint density at radius 3 is 2.34 bits per heavy atom. The van der Waals surface area contributed by atoms with E-state index < -0.39 is 22.8 Å². The first-order valence-corrected chi connectivity index (χ1v) is 18.2. The molecule has 1 fully saturated rings. The summed E-state index contributed by atoms with van der Waals surface area (Å²) >= 11 is 0. The zero-order chi connectivity index (χ0) is 37.3. The highest BCUT2D eigenvalue weighted by atomic mass is 32.2. The van der Waals surface area contributed by atoms with Crippen molar-refractivity contribution in [2.75, 3.05) is 37.5 Å². The van der Waals surface area contributed by atoms with Gasteiger partial charge in [0.2, 0.25) is 5.88 Å². The van der Waals surface area contributed by atoms with Crippen molar-refractivity contribution in [3.63, 3.8) is 0 Å². The van der Waals surface area contributed by atoms with Gasteiger partial charge >= 0.3 is 6.18 Å². The molecule has 1 aliphatic rings. The number of nitrogens with zero attached hydrogens (tertiary/aromatic N) is 5. The van der Waals surface area contributed by atoms with Crippen LogP contribution in [0.5, 0.6) is 17.4 Å². The number of para-hydroxylation sites is 1. The van der Waals surface area contributed by atoms with Crippen molar-refractivity contribution < 1.29 is 35.9 Å². The molecule has 1 aliphatic heterocycles. The number of nitrogens with one attached hydrogen (secondary N) is 1. The Morgan fingerprint density at radius 1 is 0.868 bits per heavy atom. The Balaban J connectivity index is 0.956. The number of anilines is 1. The first-order valence-electron chi connectivity index (χ1n) is 16.7. The fourth-order valence-corrected chi connectivity index (χ4v) is 7.48. The number of halogens is 3. The van der Waals surface area contributed by atoms with Gasteiger partial charge < -0.3 is 18.9 Å². The van der Waals surface area contributed by atoms with Crippen LogP contribution in [0.15, 0.2) is 102 Å². The number of carbonyl (C=O) groups is 1. The topological polar surface area (TPSA) is 119 Å². The third-order valence-electron chi connectivity index (χ3n) is 8.94. The molecule has 53 heavy (non-hydrogen) atoms. The number of piperazine rings is 1. The van der Waals surface area contributed by atoms with Crippen LogP contribution in [-0.4, -0.2) is 77.6 Å². The number of hydrogen-bond acceptors (Lipinski definition) is 8. The lowest BCUT2D eigenvalue weighted by molar-refractivity contribution is -0.153. The van der Waals surface area contributed by atoms with Crippen LogP contribution in [0.2, 0.25) is 0 Å². The maximum Gasteiger partial charge on any atom is 0.422 e. The third-order valence-corrected chi connectivity index (χ3v) is 10.4. The largest absolute Gasteiger partial charge is 0.484 e. The summed E-state index contributed by atoms with van der Waals surface area (Å²) in [5, 5.41) is 1.59. The van der Waals surface area contributed by atoms with E-state index in [0.29, 0.717) is 49.7 Å². The van der Waals surface area contributed by atoms with Gasteiger partial charge in [0, 0.05) is 68.9 Å². The molecule has 7 rings (SSSR count). The van der Waals surface area contributed by atoms with Crippen molar-refractivity contribution in [1.29, 1.82) is 0 Å². The molecule has 11 nitrogen and oxygen atoms in total. The predicted octanol–water partition coefficient (Wildman–Crippen LogP) is 6.92. The van der Waals surface area contributed by atoms with E-state index >= 15 is 0 Å². The highest BCUT2D eigenvalue weighted by Gasteiger charge is 2.29. The molecule has 274 valence electrons. The Labute approximate surface area is 303 Å². The van der Waals surface area contributed by atoms with Crippen molar-refractivity contribution in [2.24, 2.45) is 7.05 Å². The summed E-state index contributed by atoms with van der Waals surface area (Å²) in [6, 6.07) is 23.9. The summed E-state index contributed by atoms with van der Waals surface area (Å²) in [5.74, 6) is 0.814. The molecule has 0 saturated carbocycles. The van der Waals surface area contributed by atoms with Gasteiger partial charge in [0.15, 0.2) is 6.61 Å². The van der Waals surface area contributed by atoms with Crippen LogP contribution in [0, 0.1) is 6.92 Å². The maximum atomic E-state index is 13.6. The summed E-state index contributed by atoms with van der Waals surface area (Å²) in [5.41, 5.74) is 3.83. The number of sulfonamides is 1. The minimum absolute atomic E-state index is 0.0643. The molecule has 0 atom stereocenters. The van der Waals surface area contributed by atoms with Crippen molar-refractivity contribution in [3.8, 4) is 17.4 Å². The van der Waals surface area contributed by atoms with Gasteiger partial charge in [0.25, 0.3) is 15.9 Å². The second-order valence-corrected chi connectivity index (χ2v) is 14.5. The summed E-state index contributed by atoms with van der Waals surface area (Å²) in [7, 11) is -2.13. The smallest absolute Gasteiger partial charge is 0.422 e. The molecule has 0 spiro atoms. The minimum Gasteiger partial charge on any atom is -0.484 e. The molecule has 0 aliphatic carbocycles. The van der Waals surface area contributed by atoms with Crippen LogP contribution < -0.4 is 14.2 Å². The van der Waals surface area contributed by atoms with E-state index in [9.17, 15) is 26.4 Å². The lowest BCUT2D eigenvalue weighted by Gasteiger charge is -2.34. The Morgan fingerprint density at radius 2 is 1.62 bits per heavy atom. The summed E-state index contributed by atoms with van der Waals surface area (Å²) < 4.78 is 78.9. The van der Waals surface area contributed by atoms with Crippen LogP contribution in [0.1, 0.15) is 21.6 Å². The highest BCUT2D eigenvalue weighted by molar-refractivity contribution is 7.93. The maximum absolute atomic E-state index is 13.6. The molecule has 3 aromatic heterocycles. The number of hydrogen-bond donors (Lipinski definition) is 1. The summed E-state index contributed by atoms with van der Waals surface area (Å²) in [6.45, 7) is 3.51. The van der Waals surface area contributed by atoms with Gasteiger partial charge in [-0.15, -0.1) is 0 Å². The van der Waals surface area contributed by atoms with Gasteiger partial charge in [-0.05, 0) is 66.6 Å². The van der Waals surface area contributed by atoms with Crippen LogP contribution in [0.25, 0.3) is 21.8 Å². The molecule has 3 aromatic carbocycles. The van der Waals surface area contributed by atoms with Crippen LogP contribution in [0.3, 0.4) is 0 Å². The molecular formula is C38H35F3N6O5S. The van der Waals surface area contributed by atoms with Gasteiger partial charge in [0.05, 0.1) is 22.9 Å². The first kappa shape index (κ1) is 35.7. The average Bonchev–Trinajstić information content (AvgIpc) is 3.46. The second kappa shape index (κ2) is 14.4. The molecule has 6 aromatic rings. The van der Waals surface area contributed by atoms with E-state index in [2.05, 4.69) is 19.6 Å².